The molecule has 0 aliphatic heterocycles. The number of benzene rings is 3. The highest BCUT2D eigenvalue weighted by Gasteiger charge is 2.35. The van der Waals surface area contributed by atoms with Crippen LogP contribution in [0.1, 0.15) is 0 Å². The molecule has 0 amide bonds. The molecule has 0 fully saturated rings. The highest BCUT2D eigenvalue weighted by atomic mass is 16.7. The smallest absolute Gasteiger partial charge is 0.308 e. The van der Waals surface area contributed by atoms with Crippen molar-refractivity contribution >= 4 is 68.2 Å². The van der Waals surface area contributed by atoms with Gasteiger partial charge in [0.15, 0.2) is 5.69 Å². The van der Waals surface area contributed by atoms with Gasteiger partial charge < -0.3 is 5.32 Å². The molecule has 4 rings (SSSR count). The Morgan fingerprint density at radius 2 is 0.830 bits per heavy atom. The number of aromatic nitrogens is 2. The predicted octanol–water partition coefficient (Wildman–Crippen LogP) is 4.02. The maximum absolute atomic E-state index is 12.1. The molecule has 270 valence electrons. The second-order valence-electron chi connectivity index (χ2n) is 9.59. The molecule has 53 heavy (non-hydrogen) atoms. The normalized spacial score (nSPS) is 11.0. The minimum absolute atomic E-state index is 0.181. The van der Waals surface area contributed by atoms with E-state index in [4.69, 9.17) is 0 Å². The number of hydrogen-bond donors (Lipinski definition) is 1. The van der Waals surface area contributed by atoms with E-state index in [1.54, 1.807) is 0 Å². The first-order valence-electron chi connectivity index (χ1n) is 13.0. The van der Waals surface area contributed by atoms with Gasteiger partial charge in [-0.1, -0.05) is 0 Å². The first-order valence-corrected chi connectivity index (χ1v) is 13.0. The van der Waals surface area contributed by atoms with Gasteiger partial charge in [-0.2, -0.15) is 4.99 Å². The number of nitro groups is 9. The lowest BCUT2D eigenvalue weighted by molar-refractivity contribution is -0.403. The summed E-state index contributed by atoms with van der Waals surface area (Å²) >= 11 is 0. The maximum atomic E-state index is 12.1. The lowest BCUT2D eigenvalue weighted by Crippen LogP contribution is -2.24. The summed E-state index contributed by atoms with van der Waals surface area (Å²) in [7, 11) is 0. The highest BCUT2D eigenvalue weighted by molar-refractivity contribution is 5.81. The summed E-state index contributed by atoms with van der Waals surface area (Å²) in [4.78, 5) is 101. The third-order valence-corrected chi connectivity index (χ3v) is 6.53. The molecule has 0 atom stereocenters. The molecular formula is C22H9N13O18. The molecule has 3 aromatic carbocycles. The van der Waals surface area contributed by atoms with Crippen LogP contribution in [-0.2, 0) is 0 Å². The van der Waals surface area contributed by atoms with Gasteiger partial charge in [-0.15, -0.1) is 0 Å². The van der Waals surface area contributed by atoms with Gasteiger partial charge in [-0.25, -0.2) is 4.98 Å². The average Bonchev–Trinajstić information content (AvgIpc) is 3.07. The standard InChI is InChI=1S/C22H9N13O18/c36-27(37)10-1-13(30(42)43)19(14(2-10)31(44)45)24-9-7-23-22(25-20-15(32(46)47)3-11(28(38)39)4-16(20)33(48)49)26(8-9)21-17(34(50)51)5-12(29(40)41)6-18(21)35(52)53/h1-8,24H. The zero-order valence-corrected chi connectivity index (χ0v) is 24.8. The molecule has 31 nitrogen and oxygen atoms in total. The number of nitrogens with one attached hydrogen (secondary N) is 1. The molecule has 0 bridgehead atoms. The third-order valence-electron chi connectivity index (χ3n) is 6.53. The number of non-ortho nitro benzene ring substituents is 3. The fourth-order valence-electron chi connectivity index (χ4n) is 4.40. The first-order chi connectivity index (χ1) is 24.7. The zero-order valence-electron chi connectivity index (χ0n) is 24.8. The van der Waals surface area contributed by atoms with Crippen LogP contribution in [0.2, 0.25) is 0 Å². The van der Waals surface area contributed by atoms with E-state index >= 15 is 0 Å². The van der Waals surface area contributed by atoms with Crippen molar-refractivity contribution in [2.75, 3.05) is 5.32 Å². The quantitative estimate of drug-likeness (QED) is 0.149. The molecule has 0 aliphatic carbocycles. The lowest BCUT2D eigenvalue weighted by Gasteiger charge is -2.12. The molecule has 1 N–H and O–H groups in total. The summed E-state index contributed by atoms with van der Waals surface area (Å²) in [5.74, 6) is 0. The number of hydrogen-bond acceptors (Lipinski definition) is 21. The van der Waals surface area contributed by atoms with Crippen LogP contribution in [0, 0.1) is 91.0 Å². The van der Waals surface area contributed by atoms with Crippen molar-refractivity contribution in [2.45, 2.75) is 0 Å². The summed E-state index contributed by atoms with van der Waals surface area (Å²) in [6.07, 6.45) is 0.987. The average molecular weight is 743 g/mol. The predicted molar refractivity (Wildman–Crippen MR) is 165 cm³/mol. The Labute approximate surface area is 284 Å². The van der Waals surface area contributed by atoms with Gasteiger partial charge in [-0.3, -0.25) is 95.6 Å². The van der Waals surface area contributed by atoms with Crippen LogP contribution in [-0.4, -0.2) is 53.9 Å². The van der Waals surface area contributed by atoms with E-state index in [0.29, 0.717) is 24.5 Å². The van der Waals surface area contributed by atoms with E-state index < -0.39 is 124 Å². The molecule has 0 unspecified atom stereocenters. The molecule has 1 aromatic heterocycles. The zero-order chi connectivity index (χ0) is 39.6. The fraction of sp³-hybridized carbons (Fsp3) is 0. The van der Waals surface area contributed by atoms with Crippen molar-refractivity contribution in [3.63, 3.8) is 0 Å². The van der Waals surface area contributed by atoms with Crippen LogP contribution in [0.15, 0.2) is 53.8 Å². The topological polar surface area (TPSA) is 430 Å². The van der Waals surface area contributed by atoms with E-state index in [1.807, 2.05) is 0 Å². The molecular weight excluding hydrogens is 734 g/mol. The third kappa shape index (κ3) is 7.21. The Morgan fingerprint density at radius 1 is 0.491 bits per heavy atom. The monoisotopic (exact) mass is 743 g/mol. The minimum Gasteiger partial charge on any atom is -0.342 e. The lowest BCUT2D eigenvalue weighted by atomic mass is 10.2. The number of anilines is 2. The summed E-state index contributed by atoms with van der Waals surface area (Å²) in [6, 6.07) is 1.41. The van der Waals surface area contributed by atoms with Crippen molar-refractivity contribution in [1.82, 2.24) is 9.55 Å². The largest absolute Gasteiger partial charge is 0.342 e. The Hall–Kier alpha value is -9.06. The number of nitrogens with zero attached hydrogens (tertiary/aromatic N) is 12. The molecule has 0 saturated heterocycles. The molecule has 1 heterocycles. The van der Waals surface area contributed by atoms with Crippen LogP contribution in [0.3, 0.4) is 0 Å². The van der Waals surface area contributed by atoms with Gasteiger partial charge in [0.05, 0.1) is 92.6 Å². The Bertz CT molecular complexity index is 2360. The number of nitro benzene ring substituents is 9. The van der Waals surface area contributed by atoms with Crippen LogP contribution in [0.25, 0.3) is 5.69 Å². The second-order valence-corrected chi connectivity index (χ2v) is 9.59. The minimum atomic E-state index is -1.48. The summed E-state index contributed by atoms with van der Waals surface area (Å²) in [5.41, 5.74) is -17.7. The molecule has 0 saturated carbocycles. The van der Waals surface area contributed by atoms with E-state index in [-0.39, 0.29) is 28.8 Å². The van der Waals surface area contributed by atoms with Gasteiger partial charge in [0.2, 0.25) is 17.0 Å². The Morgan fingerprint density at radius 3 is 1.17 bits per heavy atom. The molecule has 4 aromatic rings. The van der Waals surface area contributed by atoms with Crippen LogP contribution >= 0.6 is 0 Å². The van der Waals surface area contributed by atoms with Crippen LogP contribution in [0.5, 0.6) is 0 Å². The molecule has 0 radical (unpaired) electrons. The van der Waals surface area contributed by atoms with Gasteiger partial charge in [-0.05, 0) is 0 Å². The van der Waals surface area contributed by atoms with Crippen LogP contribution in [0.4, 0.5) is 68.2 Å². The molecule has 31 heteroatoms. The van der Waals surface area contributed by atoms with E-state index in [0.717, 1.165) is 0 Å². The SMILES string of the molecule is O=[N+]([O-])c1cc([N+](=O)[O-])c(N=c2ncc(Nc3c([N+](=O)[O-])cc([N+](=O)[O-])cc3[N+](=O)[O-])cn2-c2c([N+](=O)[O-])cc([N+](=O)[O-])cc2[N+](=O)[O-])c([N+](=O)[O-])c1. The second kappa shape index (κ2) is 13.8. The van der Waals surface area contributed by atoms with Gasteiger partial charge in [0.25, 0.3) is 17.1 Å². The van der Waals surface area contributed by atoms with E-state index in [2.05, 4.69) is 15.3 Å². The first kappa shape index (κ1) is 36.8. The van der Waals surface area contributed by atoms with Crippen molar-refractivity contribution in [2.24, 2.45) is 4.99 Å². The highest BCUT2D eigenvalue weighted by Crippen LogP contribution is 2.42. The summed E-state index contributed by atoms with van der Waals surface area (Å²) in [6.45, 7) is 0. The van der Waals surface area contributed by atoms with Crippen molar-refractivity contribution in [1.29, 1.82) is 0 Å². The molecule has 0 spiro atoms. The van der Waals surface area contributed by atoms with Gasteiger partial charge in [0.1, 0.15) is 0 Å². The fourth-order valence-corrected chi connectivity index (χ4v) is 4.40. The maximum Gasteiger partial charge on any atom is 0.308 e. The van der Waals surface area contributed by atoms with Gasteiger partial charge in [0, 0.05) is 6.20 Å². The van der Waals surface area contributed by atoms with E-state index in [1.165, 1.54) is 0 Å². The van der Waals surface area contributed by atoms with Crippen molar-refractivity contribution in [3.8, 4) is 5.69 Å². The van der Waals surface area contributed by atoms with Gasteiger partial charge >= 0.3 is 34.1 Å². The van der Waals surface area contributed by atoms with E-state index in [9.17, 15) is 91.0 Å². The van der Waals surface area contributed by atoms with Crippen molar-refractivity contribution < 1.29 is 44.3 Å². The summed E-state index contributed by atoms with van der Waals surface area (Å²) < 4.78 is 0.181. The summed E-state index contributed by atoms with van der Waals surface area (Å²) in [5, 5.41) is 108. The number of rotatable bonds is 13. The Balaban J connectivity index is 2.24. The Kier molecular flexibility index (Phi) is 9.58. The molecule has 0 aliphatic rings. The van der Waals surface area contributed by atoms with Crippen molar-refractivity contribution in [3.05, 3.63) is 145 Å². The van der Waals surface area contributed by atoms with Crippen LogP contribution < -0.4 is 10.9 Å².